The normalized spacial score (nSPS) is 10.8. The van der Waals surface area contributed by atoms with Gasteiger partial charge in [0.05, 0.1) is 0 Å². The van der Waals surface area contributed by atoms with E-state index in [9.17, 15) is 0 Å². The SMILES string of the molecule is CCOCc1nc(NC)cc(SC(C)C)n1. The molecule has 0 aromatic carbocycles. The van der Waals surface area contributed by atoms with Gasteiger partial charge in [-0.2, -0.15) is 0 Å². The standard InChI is InChI=1S/C11H19N3OS/c1-5-15-7-10-13-9(12-4)6-11(14-10)16-8(2)3/h6,8H,5,7H2,1-4H3,(H,12,13,14). The first-order chi connectivity index (χ1) is 7.65. The number of hydrogen-bond acceptors (Lipinski definition) is 5. The summed E-state index contributed by atoms with van der Waals surface area (Å²) in [6.07, 6.45) is 0. The van der Waals surface area contributed by atoms with Crippen LogP contribution in [0.3, 0.4) is 0 Å². The van der Waals surface area contributed by atoms with Crippen molar-refractivity contribution in [1.82, 2.24) is 9.97 Å². The van der Waals surface area contributed by atoms with Crippen molar-refractivity contribution in [1.29, 1.82) is 0 Å². The molecule has 0 saturated carbocycles. The Labute approximate surface area is 101 Å². The second-order valence-electron chi connectivity index (χ2n) is 3.56. The lowest BCUT2D eigenvalue weighted by Gasteiger charge is -2.09. The van der Waals surface area contributed by atoms with Gasteiger partial charge in [-0.25, -0.2) is 9.97 Å². The van der Waals surface area contributed by atoms with Crippen molar-refractivity contribution in [2.45, 2.75) is 37.7 Å². The van der Waals surface area contributed by atoms with Crippen LogP contribution in [0, 0.1) is 0 Å². The van der Waals surface area contributed by atoms with Gasteiger partial charge in [0.15, 0.2) is 5.82 Å². The van der Waals surface area contributed by atoms with Crippen molar-refractivity contribution in [3.05, 3.63) is 11.9 Å². The average Bonchev–Trinajstić information content (AvgIpc) is 2.25. The monoisotopic (exact) mass is 241 g/mol. The maximum atomic E-state index is 5.32. The van der Waals surface area contributed by atoms with E-state index in [2.05, 4.69) is 29.1 Å². The molecule has 0 spiro atoms. The van der Waals surface area contributed by atoms with E-state index in [-0.39, 0.29) is 0 Å². The van der Waals surface area contributed by atoms with Crippen molar-refractivity contribution < 1.29 is 4.74 Å². The van der Waals surface area contributed by atoms with Gasteiger partial charge in [-0.15, -0.1) is 11.8 Å². The molecule has 1 heterocycles. The van der Waals surface area contributed by atoms with Gasteiger partial charge in [0.1, 0.15) is 17.5 Å². The Bertz CT molecular complexity index is 331. The minimum absolute atomic E-state index is 0.470. The lowest BCUT2D eigenvalue weighted by atomic mass is 10.5. The zero-order valence-electron chi connectivity index (χ0n) is 10.3. The van der Waals surface area contributed by atoms with E-state index in [1.54, 1.807) is 11.8 Å². The number of ether oxygens (including phenoxy) is 1. The molecule has 0 aliphatic carbocycles. The molecule has 0 radical (unpaired) electrons. The molecule has 1 rings (SSSR count). The van der Waals surface area contributed by atoms with E-state index in [0.717, 1.165) is 16.7 Å². The highest BCUT2D eigenvalue weighted by atomic mass is 32.2. The first-order valence-electron chi connectivity index (χ1n) is 5.45. The number of rotatable bonds is 6. The molecule has 1 N–H and O–H groups in total. The minimum Gasteiger partial charge on any atom is -0.374 e. The Morgan fingerprint density at radius 2 is 2.19 bits per heavy atom. The highest BCUT2D eigenvalue weighted by molar-refractivity contribution is 7.99. The van der Waals surface area contributed by atoms with Crippen LogP contribution in [0.15, 0.2) is 11.1 Å². The lowest BCUT2D eigenvalue weighted by molar-refractivity contribution is 0.128. The number of anilines is 1. The maximum absolute atomic E-state index is 5.32. The van der Waals surface area contributed by atoms with Crippen LogP contribution >= 0.6 is 11.8 Å². The number of thioether (sulfide) groups is 1. The average molecular weight is 241 g/mol. The number of nitrogens with one attached hydrogen (secondary N) is 1. The molecule has 0 saturated heterocycles. The summed E-state index contributed by atoms with van der Waals surface area (Å²) in [4.78, 5) is 8.78. The molecule has 0 fully saturated rings. The van der Waals surface area contributed by atoms with E-state index < -0.39 is 0 Å². The smallest absolute Gasteiger partial charge is 0.157 e. The summed E-state index contributed by atoms with van der Waals surface area (Å²) >= 11 is 1.73. The van der Waals surface area contributed by atoms with Crippen LogP contribution in [-0.4, -0.2) is 28.9 Å². The molecular weight excluding hydrogens is 222 g/mol. The van der Waals surface area contributed by atoms with Gasteiger partial charge in [-0.3, -0.25) is 0 Å². The Balaban J connectivity index is 2.82. The van der Waals surface area contributed by atoms with Crippen molar-refractivity contribution in [3.63, 3.8) is 0 Å². The highest BCUT2D eigenvalue weighted by Gasteiger charge is 2.06. The van der Waals surface area contributed by atoms with Gasteiger partial charge in [0, 0.05) is 25.0 Å². The van der Waals surface area contributed by atoms with E-state index >= 15 is 0 Å². The Morgan fingerprint density at radius 1 is 1.44 bits per heavy atom. The second kappa shape index (κ2) is 6.70. The molecule has 0 unspecified atom stereocenters. The van der Waals surface area contributed by atoms with Crippen molar-refractivity contribution in [2.24, 2.45) is 0 Å². The Kier molecular flexibility index (Phi) is 5.55. The van der Waals surface area contributed by atoms with E-state index in [1.165, 1.54) is 0 Å². The van der Waals surface area contributed by atoms with Gasteiger partial charge < -0.3 is 10.1 Å². The lowest BCUT2D eigenvalue weighted by Crippen LogP contribution is -2.04. The van der Waals surface area contributed by atoms with Gasteiger partial charge in [0.25, 0.3) is 0 Å². The second-order valence-corrected chi connectivity index (χ2v) is 5.16. The van der Waals surface area contributed by atoms with E-state index in [0.29, 0.717) is 18.5 Å². The third-order valence-corrected chi connectivity index (χ3v) is 2.72. The Morgan fingerprint density at radius 3 is 2.75 bits per heavy atom. The predicted octanol–water partition coefficient (Wildman–Crippen LogP) is 2.56. The molecule has 0 atom stereocenters. The largest absolute Gasteiger partial charge is 0.374 e. The van der Waals surface area contributed by atoms with Crippen LogP contribution in [0.25, 0.3) is 0 Å². The number of hydrogen-bond donors (Lipinski definition) is 1. The number of aromatic nitrogens is 2. The third kappa shape index (κ3) is 4.37. The summed E-state index contributed by atoms with van der Waals surface area (Å²) in [5.41, 5.74) is 0. The first kappa shape index (κ1) is 13.3. The molecule has 90 valence electrons. The molecular formula is C11H19N3OS. The fraction of sp³-hybridized carbons (Fsp3) is 0.636. The van der Waals surface area contributed by atoms with Gasteiger partial charge in [0.2, 0.25) is 0 Å². The molecule has 0 aliphatic rings. The van der Waals surface area contributed by atoms with Gasteiger partial charge in [-0.05, 0) is 6.92 Å². The molecule has 1 aromatic rings. The topological polar surface area (TPSA) is 47.0 Å². The quantitative estimate of drug-likeness (QED) is 0.612. The minimum atomic E-state index is 0.470. The zero-order valence-corrected chi connectivity index (χ0v) is 11.1. The molecule has 0 amide bonds. The molecule has 4 nitrogen and oxygen atoms in total. The van der Waals surface area contributed by atoms with E-state index in [4.69, 9.17) is 4.74 Å². The maximum Gasteiger partial charge on any atom is 0.157 e. The van der Waals surface area contributed by atoms with Crippen molar-refractivity contribution >= 4 is 17.6 Å². The third-order valence-electron chi connectivity index (χ3n) is 1.80. The molecule has 0 aliphatic heterocycles. The molecule has 0 bridgehead atoms. The predicted molar refractivity (Wildman–Crippen MR) is 67.9 cm³/mol. The van der Waals surface area contributed by atoms with Crippen LogP contribution in [0.2, 0.25) is 0 Å². The Hall–Kier alpha value is -0.810. The van der Waals surface area contributed by atoms with Gasteiger partial charge in [-0.1, -0.05) is 13.8 Å². The zero-order chi connectivity index (χ0) is 12.0. The molecule has 5 heteroatoms. The van der Waals surface area contributed by atoms with E-state index in [1.807, 2.05) is 20.0 Å². The summed E-state index contributed by atoms with van der Waals surface area (Å²) in [5.74, 6) is 1.57. The highest BCUT2D eigenvalue weighted by Crippen LogP contribution is 2.22. The van der Waals surface area contributed by atoms with Crippen LogP contribution < -0.4 is 5.32 Å². The van der Waals surface area contributed by atoms with Crippen molar-refractivity contribution in [2.75, 3.05) is 19.0 Å². The summed E-state index contributed by atoms with van der Waals surface area (Å²) in [6, 6.07) is 1.96. The summed E-state index contributed by atoms with van der Waals surface area (Å²) < 4.78 is 5.32. The number of nitrogens with zero attached hydrogens (tertiary/aromatic N) is 2. The van der Waals surface area contributed by atoms with Crippen LogP contribution in [0.1, 0.15) is 26.6 Å². The molecule has 16 heavy (non-hydrogen) atoms. The van der Waals surface area contributed by atoms with Crippen LogP contribution in [0.4, 0.5) is 5.82 Å². The molecule has 1 aromatic heterocycles. The summed E-state index contributed by atoms with van der Waals surface area (Å²) in [5, 5.41) is 4.54. The van der Waals surface area contributed by atoms with Gasteiger partial charge >= 0.3 is 0 Å². The van der Waals surface area contributed by atoms with Crippen molar-refractivity contribution in [3.8, 4) is 0 Å². The fourth-order valence-electron chi connectivity index (χ4n) is 1.16. The van der Waals surface area contributed by atoms with Crippen LogP contribution in [-0.2, 0) is 11.3 Å². The first-order valence-corrected chi connectivity index (χ1v) is 6.33. The summed E-state index contributed by atoms with van der Waals surface area (Å²) in [7, 11) is 1.86. The fourth-order valence-corrected chi connectivity index (χ4v) is 1.98. The van der Waals surface area contributed by atoms with Crippen LogP contribution in [0.5, 0.6) is 0 Å². The summed E-state index contributed by atoms with van der Waals surface area (Å²) in [6.45, 7) is 7.41.